The molecule has 0 unspecified atom stereocenters. The Morgan fingerprint density at radius 2 is 2.16 bits per heavy atom. The van der Waals surface area contributed by atoms with E-state index >= 15 is 0 Å². The molecule has 1 aliphatic rings. The van der Waals surface area contributed by atoms with Gasteiger partial charge in [0.25, 0.3) is 0 Å². The standard InChI is InChI=1S/C15H21N3O/c1-2-3-15-17-13-10-11(16)4-5-14(13)18(15)12-6-8-19-9-7-12/h4-5,10,12H,2-3,6-9,16H2,1H3. The zero-order chi connectivity index (χ0) is 13.2. The summed E-state index contributed by atoms with van der Waals surface area (Å²) in [5.74, 6) is 1.19. The van der Waals surface area contributed by atoms with Crippen LogP contribution < -0.4 is 5.73 Å². The third-order valence-electron chi connectivity index (χ3n) is 3.82. The largest absolute Gasteiger partial charge is 0.399 e. The van der Waals surface area contributed by atoms with Crippen molar-refractivity contribution in [3.63, 3.8) is 0 Å². The van der Waals surface area contributed by atoms with Crippen molar-refractivity contribution in [3.8, 4) is 0 Å². The summed E-state index contributed by atoms with van der Waals surface area (Å²) in [5.41, 5.74) is 8.89. The van der Waals surface area contributed by atoms with Crippen LogP contribution in [0.4, 0.5) is 5.69 Å². The molecular weight excluding hydrogens is 238 g/mol. The molecule has 4 nitrogen and oxygen atoms in total. The molecule has 0 spiro atoms. The van der Waals surface area contributed by atoms with Crippen molar-refractivity contribution in [3.05, 3.63) is 24.0 Å². The van der Waals surface area contributed by atoms with Crippen molar-refractivity contribution in [1.29, 1.82) is 0 Å². The lowest BCUT2D eigenvalue weighted by atomic mass is 10.1. The maximum Gasteiger partial charge on any atom is 0.110 e. The Balaban J connectivity index is 2.09. The fourth-order valence-corrected chi connectivity index (χ4v) is 2.92. The van der Waals surface area contributed by atoms with Gasteiger partial charge < -0.3 is 15.0 Å². The number of nitrogens with two attached hydrogens (primary N) is 1. The lowest BCUT2D eigenvalue weighted by Gasteiger charge is -2.25. The zero-order valence-electron chi connectivity index (χ0n) is 11.4. The van der Waals surface area contributed by atoms with Gasteiger partial charge in [-0.15, -0.1) is 0 Å². The van der Waals surface area contributed by atoms with Crippen molar-refractivity contribution in [2.45, 2.75) is 38.6 Å². The first-order chi connectivity index (χ1) is 9.29. The minimum absolute atomic E-state index is 0.518. The number of anilines is 1. The van der Waals surface area contributed by atoms with E-state index in [9.17, 15) is 0 Å². The monoisotopic (exact) mass is 259 g/mol. The van der Waals surface area contributed by atoms with E-state index in [0.29, 0.717) is 6.04 Å². The number of aryl methyl sites for hydroxylation is 1. The molecule has 4 heteroatoms. The maximum absolute atomic E-state index is 5.87. The molecule has 1 aromatic heterocycles. The van der Waals surface area contributed by atoms with Crippen LogP contribution >= 0.6 is 0 Å². The molecule has 1 fully saturated rings. The Labute approximate surface area is 113 Å². The van der Waals surface area contributed by atoms with Gasteiger partial charge in [0.05, 0.1) is 11.0 Å². The van der Waals surface area contributed by atoms with Crippen molar-refractivity contribution in [2.24, 2.45) is 0 Å². The van der Waals surface area contributed by atoms with Gasteiger partial charge in [0, 0.05) is 31.4 Å². The summed E-state index contributed by atoms with van der Waals surface area (Å²) >= 11 is 0. The summed E-state index contributed by atoms with van der Waals surface area (Å²) in [6.45, 7) is 3.90. The van der Waals surface area contributed by atoms with Crippen molar-refractivity contribution in [2.75, 3.05) is 18.9 Å². The highest BCUT2D eigenvalue weighted by atomic mass is 16.5. The Kier molecular flexibility index (Phi) is 3.42. The van der Waals surface area contributed by atoms with E-state index in [1.807, 2.05) is 12.1 Å². The molecule has 3 rings (SSSR count). The number of imidazole rings is 1. The predicted octanol–water partition coefficient (Wildman–Crippen LogP) is 2.92. The molecule has 0 radical (unpaired) electrons. The number of nitrogens with zero attached hydrogens (tertiary/aromatic N) is 2. The lowest BCUT2D eigenvalue weighted by molar-refractivity contribution is 0.0698. The van der Waals surface area contributed by atoms with Crippen LogP contribution in [0, 0.1) is 0 Å². The molecular formula is C15H21N3O. The van der Waals surface area contributed by atoms with Crippen LogP contribution in [0.1, 0.15) is 38.1 Å². The lowest BCUT2D eigenvalue weighted by Crippen LogP contribution is -2.21. The van der Waals surface area contributed by atoms with E-state index < -0.39 is 0 Å². The SMILES string of the molecule is CCCc1nc2cc(N)ccc2n1C1CCOCC1. The molecule has 1 aromatic carbocycles. The van der Waals surface area contributed by atoms with Crippen molar-refractivity contribution in [1.82, 2.24) is 9.55 Å². The Morgan fingerprint density at radius 3 is 2.89 bits per heavy atom. The van der Waals surface area contributed by atoms with E-state index in [1.54, 1.807) is 0 Å². The van der Waals surface area contributed by atoms with E-state index in [-0.39, 0.29) is 0 Å². The second-order valence-electron chi connectivity index (χ2n) is 5.24. The van der Waals surface area contributed by atoms with Crippen LogP contribution in [0.5, 0.6) is 0 Å². The Hall–Kier alpha value is -1.55. The van der Waals surface area contributed by atoms with Crippen LogP contribution in [-0.4, -0.2) is 22.8 Å². The van der Waals surface area contributed by atoms with Crippen molar-refractivity contribution >= 4 is 16.7 Å². The molecule has 2 heterocycles. The Morgan fingerprint density at radius 1 is 1.37 bits per heavy atom. The fourth-order valence-electron chi connectivity index (χ4n) is 2.92. The summed E-state index contributed by atoms with van der Waals surface area (Å²) in [4.78, 5) is 4.78. The third-order valence-corrected chi connectivity index (χ3v) is 3.82. The van der Waals surface area contributed by atoms with Gasteiger partial charge in [-0.1, -0.05) is 6.92 Å². The van der Waals surface area contributed by atoms with Gasteiger partial charge in [-0.05, 0) is 37.5 Å². The van der Waals surface area contributed by atoms with Crippen LogP contribution in [-0.2, 0) is 11.2 Å². The number of ether oxygens (including phenoxy) is 1. The molecule has 1 saturated heterocycles. The molecule has 2 aromatic rings. The molecule has 0 atom stereocenters. The normalized spacial score (nSPS) is 17.1. The van der Waals surface area contributed by atoms with Gasteiger partial charge in [0.1, 0.15) is 5.82 Å². The zero-order valence-corrected chi connectivity index (χ0v) is 11.4. The number of benzene rings is 1. The average Bonchev–Trinajstić information content (AvgIpc) is 2.77. The minimum Gasteiger partial charge on any atom is -0.399 e. The number of hydrogen-bond acceptors (Lipinski definition) is 3. The summed E-state index contributed by atoms with van der Waals surface area (Å²) in [6, 6.07) is 6.57. The first-order valence-corrected chi connectivity index (χ1v) is 7.13. The van der Waals surface area contributed by atoms with Gasteiger partial charge in [-0.25, -0.2) is 4.98 Å². The van der Waals surface area contributed by atoms with Gasteiger partial charge in [0.2, 0.25) is 0 Å². The number of fused-ring (bicyclic) bond motifs is 1. The molecule has 0 aliphatic carbocycles. The van der Waals surface area contributed by atoms with E-state index in [4.69, 9.17) is 15.5 Å². The molecule has 0 bridgehead atoms. The van der Waals surface area contributed by atoms with Gasteiger partial charge >= 0.3 is 0 Å². The topological polar surface area (TPSA) is 53.1 Å². The average molecular weight is 259 g/mol. The van der Waals surface area contributed by atoms with Gasteiger partial charge in [-0.3, -0.25) is 0 Å². The highest BCUT2D eigenvalue weighted by Gasteiger charge is 2.21. The summed E-state index contributed by atoms with van der Waals surface area (Å²) < 4.78 is 7.89. The summed E-state index contributed by atoms with van der Waals surface area (Å²) in [6.07, 6.45) is 4.28. The highest BCUT2D eigenvalue weighted by molar-refractivity contribution is 5.79. The predicted molar refractivity (Wildman–Crippen MR) is 77.2 cm³/mol. The molecule has 1 aliphatic heterocycles. The molecule has 19 heavy (non-hydrogen) atoms. The maximum atomic E-state index is 5.87. The first-order valence-electron chi connectivity index (χ1n) is 7.13. The molecule has 0 saturated carbocycles. The number of aromatic nitrogens is 2. The van der Waals surface area contributed by atoms with Crippen LogP contribution in [0.2, 0.25) is 0 Å². The smallest absolute Gasteiger partial charge is 0.110 e. The number of nitrogen functional groups attached to an aromatic ring is 1. The fraction of sp³-hybridized carbons (Fsp3) is 0.533. The van der Waals surface area contributed by atoms with Crippen molar-refractivity contribution < 1.29 is 4.74 Å². The van der Waals surface area contributed by atoms with Crippen LogP contribution in [0.3, 0.4) is 0 Å². The number of rotatable bonds is 3. The second kappa shape index (κ2) is 5.21. The van der Waals surface area contributed by atoms with Gasteiger partial charge in [-0.2, -0.15) is 0 Å². The van der Waals surface area contributed by atoms with E-state index in [1.165, 1.54) is 11.3 Å². The third kappa shape index (κ3) is 2.32. The van der Waals surface area contributed by atoms with Crippen LogP contribution in [0.25, 0.3) is 11.0 Å². The minimum atomic E-state index is 0.518. The quantitative estimate of drug-likeness (QED) is 0.862. The first kappa shape index (κ1) is 12.5. The van der Waals surface area contributed by atoms with E-state index in [0.717, 1.165) is 50.1 Å². The summed E-state index contributed by atoms with van der Waals surface area (Å²) in [7, 11) is 0. The summed E-state index contributed by atoms with van der Waals surface area (Å²) in [5, 5.41) is 0. The Bertz CT molecular complexity index is 570. The second-order valence-corrected chi connectivity index (χ2v) is 5.24. The number of hydrogen-bond donors (Lipinski definition) is 1. The molecule has 0 amide bonds. The van der Waals surface area contributed by atoms with Gasteiger partial charge in [0.15, 0.2) is 0 Å². The van der Waals surface area contributed by atoms with Crippen LogP contribution in [0.15, 0.2) is 18.2 Å². The highest BCUT2D eigenvalue weighted by Crippen LogP contribution is 2.29. The van der Waals surface area contributed by atoms with E-state index in [2.05, 4.69) is 17.6 Å². The molecule has 102 valence electrons. The molecule has 2 N–H and O–H groups in total.